The first-order valence-corrected chi connectivity index (χ1v) is 9.81. The maximum Gasteiger partial charge on any atom is 0.262 e. The van der Waals surface area contributed by atoms with Gasteiger partial charge < -0.3 is 10.6 Å². The van der Waals surface area contributed by atoms with Gasteiger partial charge in [-0.25, -0.2) is 4.39 Å². The molecule has 1 aromatic rings. The van der Waals surface area contributed by atoms with Gasteiger partial charge in [-0.3, -0.25) is 14.3 Å². The van der Waals surface area contributed by atoms with Crippen molar-refractivity contribution in [3.8, 4) is 6.07 Å². The molecule has 2 N–H and O–H groups in total. The van der Waals surface area contributed by atoms with Gasteiger partial charge in [-0.15, -0.1) is 0 Å². The first-order chi connectivity index (χ1) is 13.4. The zero-order valence-corrected chi connectivity index (χ0v) is 16.1. The number of hydrogen-bond acceptors (Lipinski definition) is 4. The van der Waals surface area contributed by atoms with E-state index in [0.29, 0.717) is 12.0 Å². The van der Waals surface area contributed by atoms with Crippen molar-refractivity contribution >= 4 is 17.9 Å². The van der Waals surface area contributed by atoms with Crippen LogP contribution in [0.2, 0.25) is 0 Å². The molecule has 0 unspecified atom stereocenters. The molecule has 2 aliphatic carbocycles. The fraction of sp³-hybridized carbons (Fsp3) is 0.600. The lowest BCUT2D eigenvalue weighted by Gasteiger charge is -2.32. The summed E-state index contributed by atoms with van der Waals surface area (Å²) in [7, 11) is 1.76. The largest absolute Gasteiger partial charge is 0.351 e. The predicted molar refractivity (Wildman–Crippen MR) is 101 cm³/mol. The molecule has 2 atom stereocenters. The molecule has 1 heterocycles. The van der Waals surface area contributed by atoms with E-state index in [2.05, 4.69) is 15.7 Å². The summed E-state index contributed by atoms with van der Waals surface area (Å²) < 4.78 is 16.2. The van der Waals surface area contributed by atoms with Crippen LogP contribution in [-0.2, 0) is 16.6 Å². The molecule has 0 bridgehead atoms. The minimum absolute atomic E-state index is 0.00725. The Morgan fingerprint density at radius 3 is 2.57 bits per heavy atom. The lowest BCUT2D eigenvalue weighted by molar-refractivity contribution is -0.133. The smallest absolute Gasteiger partial charge is 0.262 e. The van der Waals surface area contributed by atoms with Crippen molar-refractivity contribution in [3.05, 3.63) is 23.5 Å². The van der Waals surface area contributed by atoms with E-state index in [1.807, 2.05) is 6.07 Å². The second kappa shape index (κ2) is 8.55. The number of halogens is 1. The average Bonchev–Trinajstić information content (AvgIpc) is 3.29. The van der Waals surface area contributed by atoms with Crippen molar-refractivity contribution < 1.29 is 14.0 Å². The molecule has 1 aromatic heterocycles. The summed E-state index contributed by atoms with van der Waals surface area (Å²) in [5.74, 6) is -0.961. The van der Waals surface area contributed by atoms with Gasteiger partial charge in [0.15, 0.2) is 5.67 Å². The van der Waals surface area contributed by atoms with Gasteiger partial charge >= 0.3 is 0 Å². The molecule has 0 aromatic carbocycles. The van der Waals surface area contributed by atoms with Crippen LogP contribution in [0.5, 0.6) is 0 Å². The molecule has 7 nitrogen and oxygen atoms in total. The van der Waals surface area contributed by atoms with E-state index in [-0.39, 0.29) is 30.5 Å². The molecule has 2 amide bonds. The fourth-order valence-electron chi connectivity index (χ4n) is 4.02. The van der Waals surface area contributed by atoms with Crippen LogP contribution in [0.15, 0.2) is 18.0 Å². The molecule has 0 aliphatic heterocycles. The van der Waals surface area contributed by atoms with Crippen LogP contribution < -0.4 is 10.6 Å². The molecule has 2 fully saturated rings. The van der Waals surface area contributed by atoms with Gasteiger partial charge in [-0.2, -0.15) is 10.4 Å². The molecular formula is C20H26FN5O2. The minimum Gasteiger partial charge on any atom is -0.351 e. The van der Waals surface area contributed by atoms with E-state index in [1.165, 1.54) is 6.08 Å². The second-order valence-corrected chi connectivity index (χ2v) is 7.80. The zero-order valence-electron chi connectivity index (χ0n) is 16.1. The van der Waals surface area contributed by atoms with Gasteiger partial charge in [0.05, 0.1) is 6.20 Å². The number of amides is 2. The molecule has 2 saturated carbocycles. The molecule has 0 radical (unpaired) electrons. The van der Waals surface area contributed by atoms with Crippen molar-refractivity contribution in [1.82, 2.24) is 20.4 Å². The summed E-state index contributed by atoms with van der Waals surface area (Å²) >= 11 is 0. The van der Waals surface area contributed by atoms with Gasteiger partial charge in [0, 0.05) is 30.9 Å². The molecule has 0 spiro atoms. The highest BCUT2D eigenvalue weighted by molar-refractivity contribution is 6.01. The summed E-state index contributed by atoms with van der Waals surface area (Å²) in [5, 5.41) is 19.0. The number of carbonyl (C=O) groups is 2. The van der Waals surface area contributed by atoms with Crippen molar-refractivity contribution in [2.45, 2.75) is 69.1 Å². The van der Waals surface area contributed by atoms with Crippen LogP contribution in [0.4, 0.5) is 4.39 Å². The SMILES string of the molecule is Cn1cc(/C=C(\C#N)C(=O)N[C@@H]2CCC[C@H](NC(=O)C3(F)CCCC3)C2)cn1. The average molecular weight is 387 g/mol. The van der Waals surface area contributed by atoms with E-state index in [9.17, 15) is 19.2 Å². The van der Waals surface area contributed by atoms with Crippen LogP contribution in [-0.4, -0.2) is 39.3 Å². The Balaban J connectivity index is 1.56. The highest BCUT2D eigenvalue weighted by Gasteiger charge is 2.42. The molecule has 8 heteroatoms. The number of carbonyl (C=O) groups excluding carboxylic acids is 2. The Kier molecular flexibility index (Phi) is 6.12. The summed E-state index contributed by atoms with van der Waals surface area (Å²) in [6.45, 7) is 0. The van der Waals surface area contributed by atoms with Crippen LogP contribution in [0.1, 0.15) is 56.9 Å². The number of aryl methyl sites for hydroxylation is 1. The zero-order chi connectivity index (χ0) is 20.1. The van der Waals surface area contributed by atoms with Gasteiger partial charge in [0.1, 0.15) is 11.6 Å². The van der Waals surface area contributed by atoms with E-state index >= 15 is 0 Å². The number of alkyl halides is 1. The lowest BCUT2D eigenvalue weighted by atomic mass is 9.90. The molecule has 3 rings (SSSR count). The Labute approximate surface area is 164 Å². The Morgan fingerprint density at radius 1 is 1.29 bits per heavy atom. The van der Waals surface area contributed by atoms with Crippen LogP contribution in [0.3, 0.4) is 0 Å². The summed E-state index contributed by atoms with van der Waals surface area (Å²) in [5.41, 5.74) is -1.06. The first-order valence-electron chi connectivity index (χ1n) is 9.81. The Bertz CT molecular complexity index is 804. The molecule has 2 aliphatic rings. The first kappa shape index (κ1) is 20.1. The maximum atomic E-state index is 14.6. The fourth-order valence-corrected chi connectivity index (χ4v) is 4.02. The monoisotopic (exact) mass is 387 g/mol. The summed E-state index contributed by atoms with van der Waals surface area (Å²) in [4.78, 5) is 24.8. The lowest BCUT2D eigenvalue weighted by Crippen LogP contribution is -2.50. The van der Waals surface area contributed by atoms with E-state index in [1.54, 1.807) is 24.1 Å². The van der Waals surface area contributed by atoms with Crippen LogP contribution in [0.25, 0.3) is 6.08 Å². The molecule has 150 valence electrons. The highest BCUT2D eigenvalue weighted by Crippen LogP contribution is 2.34. The van der Waals surface area contributed by atoms with Gasteiger partial charge in [0.25, 0.3) is 11.8 Å². The van der Waals surface area contributed by atoms with Crippen molar-refractivity contribution in [2.75, 3.05) is 0 Å². The third-order valence-electron chi connectivity index (χ3n) is 5.55. The third kappa shape index (κ3) is 4.77. The van der Waals surface area contributed by atoms with Crippen molar-refractivity contribution in [3.63, 3.8) is 0 Å². The van der Waals surface area contributed by atoms with Gasteiger partial charge in [-0.1, -0.05) is 0 Å². The quantitative estimate of drug-likeness (QED) is 0.597. The minimum atomic E-state index is -1.74. The number of aromatic nitrogens is 2. The predicted octanol–water partition coefficient (Wildman–Crippen LogP) is 2.15. The molecular weight excluding hydrogens is 361 g/mol. The molecule has 0 saturated heterocycles. The third-order valence-corrected chi connectivity index (χ3v) is 5.55. The maximum absolute atomic E-state index is 14.6. The number of nitrogens with zero attached hydrogens (tertiary/aromatic N) is 3. The standard InChI is InChI=1S/C20H26FN5O2/c1-26-13-14(12-23-26)9-15(11-22)18(27)24-16-5-4-6-17(10-16)25-19(28)20(21)7-2-3-8-20/h9,12-13,16-17H,2-8,10H2,1H3,(H,24,27)(H,25,28)/b15-9+/t16-,17+/m1/s1. The molecule has 28 heavy (non-hydrogen) atoms. The van der Waals surface area contributed by atoms with Crippen molar-refractivity contribution in [1.29, 1.82) is 5.26 Å². The van der Waals surface area contributed by atoms with Crippen LogP contribution in [0, 0.1) is 11.3 Å². The number of nitriles is 1. The highest BCUT2D eigenvalue weighted by atomic mass is 19.1. The van der Waals surface area contributed by atoms with E-state index < -0.39 is 17.5 Å². The Morgan fingerprint density at radius 2 is 1.96 bits per heavy atom. The Hall–Kier alpha value is -2.69. The van der Waals surface area contributed by atoms with Crippen LogP contribution >= 0.6 is 0 Å². The summed E-state index contributed by atoms with van der Waals surface area (Å²) in [6.07, 6.45) is 9.75. The topological polar surface area (TPSA) is 99.8 Å². The number of nitrogens with one attached hydrogen (secondary N) is 2. The normalized spacial score (nSPS) is 24.4. The van der Waals surface area contributed by atoms with E-state index in [4.69, 9.17) is 0 Å². The second-order valence-electron chi connectivity index (χ2n) is 7.80. The van der Waals surface area contributed by atoms with E-state index in [0.717, 1.165) is 32.1 Å². The van der Waals surface area contributed by atoms with Gasteiger partial charge in [-0.05, 0) is 57.4 Å². The number of hydrogen-bond donors (Lipinski definition) is 2. The summed E-state index contributed by atoms with van der Waals surface area (Å²) in [6, 6.07) is 1.61. The van der Waals surface area contributed by atoms with Gasteiger partial charge in [0.2, 0.25) is 0 Å². The number of rotatable bonds is 5. The van der Waals surface area contributed by atoms with Crippen molar-refractivity contribution in [2.24, 2.45) is 7.05 Å².